The lowest BCUT2D eigenvalue weighted by molar-refractivity contribution is 0.0400. The summed E-state index contributed by atoms with van der Waals surface area (Å²) < 4.78 is 12.7. The monoisotopic (exact) mass is 301 g/mol. The van der Waals surface area contributed by atoms with Gasteiger partial charge in [0.15, 0.2) is 11.5 Å². The lowest BCUT2D eigenvalue weighted by atomic mass is 10.0. The first kappa shape index (κ1) is 13.6. The highest BCUT2D eigenvalue weighted by Gasteiger charge is 2.30. The normalized spacial score (nSPS) is 19.2. The van der Waals surface area contributed by atoms with Gasteiger partial charge in [0.2, 0.25) is 6.79 Å². The van der Waals surface area contributed by atoms with Gasteiger partial charge in [-0.15, -0.1) is 0 Å². The number of benzene rings is 1. The Balaban J connectivity index is 1.34. The Bertz CT molecular complexity index is 679. The molecule has 6 heteroatoms. The number of aliphatic hydroxyl groups excluding tert-OH is 1. The molecule has 116 valence electrons. The zero-order valence-electron chi connectivity index (χ0n) is 12.5. The van der Waals surface area contributed by atoms with Crippen LogP contribution in [0.15, 0.2) is 30.6 Å². The standard InChI is InChI=1S/C16H19N3O3/c1-11-5-17-19(6-11)13-7-18(8-13)9-14(20)12-2-3-15-16(4-12)22-10-21-15/h2-6,13-14,20H,7-10H2,1H3. The summed E-state index contributed by atoms with van der Waals surface area (Å²) in [5.74, 6) is 1.46. The van der Waals surface area contributed by atoms with Crippen molar-refractivity contribution in [3.63, 3.8) is 0 Å². The van der Waals surface area contributed by atoms with Crippen molar-refractivity contribution >= 4 is 0 Å². The number of aliphatic hydroxyl groups is 1. The maximum Gasteiger partial charge on any atom is 0.231 e. The Kier molecular flexibility index (Phi) is 3.28. The summed E-state index contributed by atoms with van der Waals surface area (Å²) in [6.45, 7) is 4.76. The van der Waals surface area contributed by atoms with Crippen molar-refractivity contribution in [2.45, 2.75) is 19.1 Å². The number of rotatable bonds is 4. The molecule has 2 aliphatic heterocycles. The summed E-state index contributed by atoms with van der Waals surface area (Å²) in [5, 5.41) is 14.7. The summed E-state index contributed by atoms with van der Waals surface area (Å²) in [6.07, 6.45) is 3.43. The number of hydrogen-bond donors (Lipinski definition) is 1. The van der Waals surface area contributed by atoms with E-state index in [0.29, 0.717) is 18.3 Å². The minimum atomic E-state index is -0.519. The van der Waals surface area contributed by atoms with E-state index >= 15 is 0 Å². The second-order valence-corrected chi connectivity index (χ2v) is 6.00. The number of likely N-dealkylation sites (tertiary alicyclic amines) is 1. The summed E-state index contributed by atoms with van der Waals surface area (Å²) in [5.41, 5.74) is 2.04. The molecule has 2 aromatic rings. The third-order valence-corrected chi connectivity index (χ3v) is 4.26. The summed E-state index contributed by atoms with van der Waals surface area (Å²) in [6, 6.07) is 6.03. The van der Waals surface area contributed by atoms with Crippen LogP contribution in [0, 0.1) is 6.92 Å². The lowest BCUT2D eigenvalue weighted by Crippen LogP contribution is -2.49. The van der Waals surface area contributed by atoms with Crippen molar-refractivity contribution < 1.29 is 14.6 Å². The molecule has 1 aromatic carbocycles. The van der Waals surface area contributed by atoms with Crippen molar-refractivity contribution in [1.29, 1.82) is 0 Å². The van der Waals surface area contributed by atoms with Gasteiger partial charge in [0.05, 0.1) is 18.3 Å². The summed E-state index contributed by atoms with van der Waals surface area (Å²) in [7, 11) is 0. The van der Waals surface area contributed by atoms with Crippen LogP contribution in [-0.4, -0.2) is 46.2 Å². The zero-order chi connectivity index (χ0) is 15.1. The number of ether oxygens (including phenoxy) is 2. The highest BCUT2D eigenvalue weighted by atomic mass is 16.7. The Hall–Kier alpha value is -2.05. The molecular weight excluding hydrogens is 282 g/mol. The number of fused-ring (bicyclic) bond motifs is 1. The molecule has 0 bridgehead atoms. The van der Waals surface area contributed by atoms with E-state index in [-0.39, 0.29) is 6.79 Å². The quantitative estimate of drug-likeness (QED) is 0.927. The fourth-order valence-corrected chi connectivity index (χ4v) is 2.96. The number of aryl methyl sites for hydroxylation is 1. The Morgan fingerprint density at radius 1 is 1.32 bits per heavy atom. The second-order valence-electron chi connectivity index (χ2n) is 6.00. The van der Waals surface area contributed by atoms with Gasteiger partial charge in [-0.05, 0) is 30.2 Å². The smallest absolute Gasteiger partial charge is 0.231 e. The predicted octanol–water partition coefficient (Wildman–Crippen LogP) is 1.51. The Morgan fingerprint density at radius 2 is 2.14 bits per heavy atom. The molecule has 0 radical (unpaired) electrons. The average molecular weight is 301 g/mol. The van der Waals surface area contributed by atoms with Crippen LogP contribution in [0.25, 0.3) is 0 Å². The van der Waals surface area contributed by atoms with E-state index in [2.05, 4.69) is 16.2 Å². The first-order valence-electron chi connectivity index (χ1n) is 7.50. The van der Waals surface area contributed by atoms with Crippen LogP contribution in [0.5, 0.6) is 11.5 Å². The highest BCUT2D eigenvalue weighted by Crippen LogP contribution is 2.34. The minimum Gasteiger partial charge on any atom is -0.454 e. The van der Waals surface area contributed by atoms with E-state index in [9.17, 15) is 5.11 Å². The molecule has 3 heterocycles. The molecule has 1 N–H and O–H groups in total. The van der Waals surface area contributed by atoms with Gasteiger partial charge in [0.25, 0.3) is 0 Å². The molecule has 6 nitrogen and oxygen atoms in total. The maximum absolute atomic E-state index is 10.4. The maximum atomic E-state index is 10.4. The van der Waals surface area contributed by atoms with Gasteiger partial charge in [-0.25, -0.2) is 0 Å². The van der Waals surface area contributed by atoms with Crippen LogP contribution in [0.4, 0.5) is 0 Å². The fourth-order valence-electron chi connectivity index (χ4n) is 2.96. The molecule has 1 aromatic heterocycles. The SMILES string of the molecule is Cc1cnn(C2CN(CC(O)c3ccc4c(c3)OCO4)C2)c1. The average Bonchev–Trinajstić information content (AvgIpc) is 3.09. The Morgan fingerprint density at radius 3 is 2.91 bits per heavy atom. The van der Waals surface area contributed by atoms with Gasteiger partial charge >= 0.3 is 0 Å². The van der Waals surface area contributed by atoms with Gasteiger partial charge < -0.3 is 14.6 Å². The third kappa shape index (κ3) is 2.44. The molecule has 2 aliphatic rings. The molecular formula is C16H19N3O3. The van der Waals surface area contributed by atoms with Gasteiger partial charge in [-0.2, -0.15) is 5.10 Å². The van der Waals surface area contributed by atoms with Gasteiger partial charge in [-0.3, -0.25) is 9.58 Å². The van der Waals surface area contributed by atoms with Crippen LogP contribution in [0.2, 0.25) is 0 Å². The highest BCUT2D eigenvalue weighted by molar-refractivity contribution is 5.45. The molecule has 0 aliphatic carbocycles. The molecule has 0 amide bonds. The van der Waals surface area contributed by atoms with Gasteiger partial charge in [0, 0.05) is 25.8 Å². The van der Waals surface area contributed by atoms with Crippen molar-refractivity contribution in [2.75, 3.05) is 26.4 Å². The summed E-state index contributed by atoms with van der Waals surface area (Å²) in [4.78, 5) is 2.23. The predicted molar refractivity (Wildman–Crippen MR) is 80.0 cm³/mol. The molecule has 4 rings (SSSR count). The second kappa shape index (κ2) is 5.30. The van der Waals surface area contributed by atoms with E-state index < -0.39 is 6.10 Å². The van der Waals surface area contributed by atoms with E-state index in [1.807, 2.05) is 36.0 Å². The Labute approximate surface area is 128 Å². The van der Waals surface area contributed by atoms with Crippen molar-refractivity contribution in [3.05, 3.63) is 41.7 Å². The molecule has 1 fully saturated rings. The molecule has 0 saturated carbocycles. The topological polar surface area (TPSA) is 59.8 Å². The van der Waals surface area contributed by atoms with Gasteiger partial charge in [0.1, 0.15) is 0 Å². The van der Waals surface area contributed by atoms with E-state index in [1.165, 1.54) is 5.56 Å². The molecule has 1 atom stereocenters. The molecule has 22 heavy (non-hydrogen) atoms. The van der Waals surface area contributed by atoms with E-state index in [0.717, 1.165) is 24.4 Å². The number of hydrogen-bond acceptors (Lipinski definition) is 5. The van der Waals surface area contributed by atoms with Crippen molar-refractivity contribution in [3.8, 4) is 11.5 Å². The number of nitrogens with zero attached hydrogens (tertiary/aromatic N) is 3. The third-order valence-electron chi connectivity index (χ3n) is 4.26. The van der Waals surface area contributed by atoms with Crippen molar-refractivity contribution in [2.24, 2.45) is 0 Å². The number of β-amino-alcohol motifs (C(OH)–C–C–N with tert-alkyl or cyclic N) is 1. The van der Waals surface area contributed by atoms with Gasteiger partial charge in [-0.1, -0.05) is 6.07 Å². The zero-order valence-corrected chi connectivity index (χ0v) is 12.5. The molecule has 0 spiro atoms. The number of aromatic nitrogens is 2. The molecule has 1 saturated heterocycles. The summed E-state index contributed by atoms with van der Waals surface area (Å²) >= 11 is 0. The van der Waals surface area contributed by atoms with Crippen LogP contribution in [0.3, 0.4) is 0 Å². The fraction of sp³-hybridized carbons (Fsp3) is 0.438. The van der Waals surface area contributed by atoms with Crippen LogP contribution in [0.1, 0.15) is 23.3 Å². The first-order valence-corrected chi connectivity index (χ1v) is 7.50. The van der Waals surface area contributed by atoms with Crippen molar-refractivity contribution in [1.82, 2.24) is 14.7 Å². The largest absolute Gasteiger partial charge is 0.454 e. The first-order chi connectivity index (χ1) is 10.7. The van der Waals surface area contributed by atoms with Crippen LogP contribution in [-0.2, 0) is 0 Å². The van der Waals surface area contributed by atoms with E-state index in [1.54, 1.807) is 0 Å². The molecule has 1 unspecified atom stereocenters. The van der Waals surface area contributed by atoms with Crippen LogP contribution < -0.4 is 9.47 Å². The minimum absolute atomic E-state index is 0.256. The van der Waals surface area contributed by atoms with Crippen LogP contribution >= 0.6 is 0 Å². The van der Waals surface area contributed by atoms with E-state index in [4.69, 9.17) is 9.47 Å². The lowest BCUT2D eigenvalue weighted by Gasteiger charge is -2.40.